The van der Waals surface area contributed by atoms with Gasteiger partial charge in [-0.25, -0.2) is 0 Å². The van der Waals surface area contributed by atoms with Crippen LogP contribution >= 0.6 is 0 Å². The van der Waals surface area contributed by atoms with Gasteiger partial charge in [-0.05, 0) is 27.2 Å². The van der Waals surface area contributed by atoms with Crippen molar-refractivity contribution in [2.24, 2.45) is 11.1 Å². The zero-order valence-corrected chi connectivity index (χ0v) is 9.36. The summed E-state index contributed by atoms with van der Waals surface area (Å²) in [5, 5.41) is 8.72. The molecule has 2 atom stereocenters. The van der Waals surface area contributed by atoms with E-state index in [-0.39, 0.29) is 11.5 Å². The van der Waals surface area contributed by atoms with Gasteiger partial charge in [0.1, 0.15) is 0 Å². The standard InChI is InChI=1S/C9H18N2OS/c1-8(11)6-13(12)5-4-9(2,3)7-10/h8H,4-6,11H2,1-3H3. The van der Waals surface area contributed by atoms with Crippen molar-refractivity contribution in [1.29, 1.82) is 5.26 Å². The van der Waals surface area contributed by atoms with Gasteiger partial charge in [-0.15, -0.1) is 0 Å². The predicted molar refractivity (Wildman–Crippen MR) is 55.5 cm³/mol. The van der Waals surface area contributed by atoms with Crippen LogP contribution < -0.4 is 5.73 Å². The summed E-state index contributed by atoms with van der Waals surface area (Å²) in [5.74, 6) is 1.10. The van der Waals surface area contributed by atoms with E-state index >= 15 is 0 Å². The van der Waals surface area contributed by atoms with Gasteiger partial charge >= 0.3 is 0 Å². The molecule has 13 heavy (non-hydrogen) atoms. The minimum atomic E-state index is -0.874. The molecule has 0 aliphatic heterocycles. The SMILES string of the molecule is CC(N)CS(=O)CCC(C)(C)C#N. The van der Waals surface area contributed by atoms with Crippen molar-refractivity contribution in [1.82, 2.24) is 0 Å². The highest BCUT2D eigenvalue weighted by atomic mass is 32.2. The van der Waals surface area contributed by atoms with Crippen LogP contribution in [-0.2, 0) is 10.8 Å². The number of nitrogens with two attached hydrogens (primary N) is 1. The number of nitrogens with zero attached hydrogens (tertiary/aromatic N) is 1. The smallest absolute Gasteiger partial charge is 0.0684 e. The molecule has 0 spiro atoms. The second-order valence-electron chi connectivity index (χ2n) is 4.03. The Morgan fingerprint density at radius 2 is 2.15 bits per heavy atom. The lowest BCUT2D eigenvalue weighted by atomic mass is 9.93. The van der Waals surface area contributed by atoms with Crippen molar-refractivity contribution in [3.63, 3.8) is 0 Å². The van der Waals surface area contributed by atoms with E-state index in [0.717, 1.165) is 0 Å². The van der Waals surface area contributed by atoms with Gasteiger partial charge in [0.15, 0.2) is 0 Å². The van der Waals surface area contributed by atoms with Crippen LogP contribution in [-0.4, -0.2) is 21.8 Å². The molecule has 2 unspecified atom stereocenters. The highest BCUT2D eigenvalue weighted by Gasteiger charge is 2.17. The second-order valence-corrected chi connectivity index (χ2v) is 5.65. The molecular formula is C9H18N2OS. The molecule has 0 aliphatic rings. The molecule has 2 N–H and O–H groups in total. The summed E-state index contributed by atoms with van der Waals surface area (Å²) in [4.78, 5) is 0. The van der Waals surface area contributed by atoms with Gasteiger partial charge in [0.05, 0.1) is 11.5 Å². The number of nitriles is 1. The molecular weight excluding hydrogens is 184 g/mol. The lowest BCUT2D eigenvalue weighted by Crippen LogP contribution is -2.25. The monoisotopic (exact) mass is 202 g/mol. The average Bonchev–Trinajstić information content (AvgIpc) is 2.00. The largest absolute Gasteiger partial charge is 0.327 e. The van der Waals surface area contributed by atoms with E-state index in [2.05, 4.69) is 6.07 Å². The van der Waals surface area contributed by atoms with E-state index < -0.39 is 10.8 Å². The topological polar surface area (TPSA) is 66.9 Å². The summed E-state index contributed by atoms with van der Waals surface area (Å²) in [6.07, 6.45) is 0.669. The van der Waals surface area contributed by atoms with Crippen molar-refractivity contribution in [2.75, 3.05) is 11.5 Å². The van der Waals surface area contributed by atoms with Crippen LogP contribution in [0.3, 0.4) is 0 Å². The lowest BCUT2D eigenvalue weighted by molar-refractivity contribution is 0.479. The fourth-order valence-electron chi connectivity index (χ4n) is 0.801. The van der Waals surface area contributed by atoms with Gasteiger partial charge < -0.3 is 5.73 Å². The first-order valence-electron chi connectivity index (χ1n) is 4.39. The number of hydrogen-bond donors (Lipinski definition) is 1. The fraction of sp³-hybridized carbons (Fsp3) is 0.889. The predicted octanol–water partition coefficient (Wildman–Crippen LogP) is 1.02. The molecule has 0 aliphatic carbocycles. The van der Waals surface area contributed by atoms with E-state index in [0.29, 0.717) is 17.9 Å². The maximum atomic E-state index is 11.3. The van der Waals surface area contributed by atoms with Gasteiger partial charge in [0.2, 0.25) is 0 Å². The third-order valence-electron chi connectivity index (χ3n) is 1.71. The lowest BCUT2D eigenvalue weighted by Gasteiger charge is -2.14. The minimum Gasteiger partial charge on any atom is -0.327 e. The van der Waals surface area contributed by atoms with Crippen molar-refractivity contribution in [2.45, 2.75) is 33.2 Å². The zero-order chi connectivity index (χ0) is 10.5. The van der Waals surface area contributed by atoms with Crippen molar-refractivity contribution in [3.05, 3.63) is 0 Å². The summed E-state index contributed by atoms with van der Waals surface area (Å²) in [6.45, 7) is 5.56. The Bertz CT molecular complexity index is 218. The molecule has 0 heterocycles. The Balaban J connectivity index is 3.78. The van der Waals surface area contributed by atoms with E-state index in [4.69, 9.17) is 11.0 Å². The normalized spacial score (nSPS) is 16.2. The van der Waals surface area contributed by atoms with Crippen molar-refractivity contribution >= 4 is 10.8 Å². The molecule has 76 valence electrons. The number of hydrogen-bond acceptors (Lipinski definition) is 3. The van der Waals surface area contributed by atoms with Crippen LogP contribution in [0, 0.1) is 16.7 Å². The van der Waals surface area contributed by atoms with Crippen LogP contribution in [0.2, 0.25) is 0 Å². The molecule has 0 amide bonds. The highest BCUT2D eigenvalue weighted by molar-refractivity contribution is 7.85. The molecule has 4 heteroatoms. The van der Waals surface area contributed by atoms with Gasteiger partial charge in [0.25, 0.3) is 0 Å². The van der Waals surface area contributed by atoms with E-state index in [1.165, 1.54) is 0 Å². The van der Waals surface area contributed by atoms with Gasteiger partial charge in [-0.1, -0.05) is 0 Å². The quantitative estimate of drug-likeness (QED) is 0.724. The summed E-state index contributed by atoms with van der Waals surface area (Å²) in [6, 6.07) is 2.16. The number of rotatable bonds is 5. The Hall–Kier alpha value is -0.400. The first kappa shape index (κ1) is 12.6. The molecule has 0 rings (SSSR count). The van der Waals surface area contributed by atoms with Crippen LogP contribution in [0.1, 0.15) is 27.2 Å². The summed E-state index contributed by atoms with van der Waals surface area (Å²) in [7, 11) is -0.874. The first-order chi connectivity index (χ1) is 5.87. The molecule has 3 nitrogen and oxygen atoms in total. The summed E-state index contributed by atoms with van der Waals surface area (Å²) in [5.41, 5.74) is 5.14. The van der Waals surface area contributed by atoms with E-state index in [1.54, 1.807) is 0 Å². The maximum absolute atomic E-state index is 11.3. The fourth-order valence-corrected chi connectivity index (χ4v) is 2.29. The Kier molecular flexibility index (Phi) is 5.19. The van der Waals surface area contributed by atoms with Crippen LogP contribution in [0.25, 0.3) is 0 Å². The Labute approximate surface area is 82.8 Å². The van der Waals surface area contributed by atoms with E-state index in [9.17, 15) is 4.21 Å². The first-order valence-corrected chi connectivity index (χ1v) is 5.88. The summed E-state index contributed by atoms with van der Waals surface area (Å²) >= 11 is 0. The third kappa shape index (κ3) is 6.73. The molecule has 0 fully saturated rings. The molecule has 0 saturated carbocycles. The molecule has 0 aromatic rings. The van der Waals surface area contributed by atoms with Crippen LogP contribution in [0.4, 0.5) is 0 Å². The highest BCUT2D eigenvalue weighted by Crippen LogP contribution is 2.18. The minimum absolute atomic E-state index is 0.0222. The van der Waals surface area contributed by atoms with Crippen LogP contribution in [0.15, 0.2) is 0 Å². The average molecular weight is 202 g/mol. The van der Waals surface area contributed by atoms with E-state index in [1.807, 2.05) is 20.8 Å². The van der Waals surface area contributed by atoms with Gasteiger partial charge in [-0.3, -0.25) is 4.21 Å². The van der Waals surface area contributed by atoms with Gasteiger partial charge in [0, 0.05) is 28.3 Å². The molecule has 0 aromatic carbocycles. The van der Waals surface area contributed by atoms with Crippen molar-refractivity contribution < 1.29 is 4.21 Å². The molecule has 0 radical (unpaired) electrons. The Morgan fingerprint density at radius 1 is 1.62 bits per heavy atom. The molecule has 0 aromatic heterocycles. The summed E-state index contributed by atoms with van der Waals surface area (Å²) < 4.78 is 11.3. The maximum Gasteiger partial charge on any atom is 0.0684 e. The second kappa shape index (κ2) is 5.36. The van der Waals surface area contributed by atoms with Crippen LogP contribution in [0.5, 0.6) is 0 Å². The molecule has 0 saturated heterocycles. The van der Waals surface area contributed by atoms with Crippen molar-refractivity contribution in [3.8, 4) is 6.07 Å². The van der Waals surface area contributed by atoms with Gasteiger partial charge in [-0.2, -0.15) is 5.26 Å². The Morgan fingerprint density at radius 3 is 2.54 bits per heavy atom. The molecule has 0 bridgehead atoms. The zero-order valence-electron chi connectivity index (χ0n) is 8.54. The third-order valence-corrected chi connectivity index (χ3v) is 3.26.